The van der Waals surface area contributed by atoms with Crippen LogP contribution in [0.15, 0.2) is 36.1 Å². The van der Waals surface area contributed by atoms with Crippen LogP contribution in [0.2, 0.25) is 18.1 Å². The summed E-state index contributed by atoms with van der Waals surface area (Å²) in [7, 11) is -1.80. The smallest absolute Gasteiger partial charge is 0.250 e. The van der Waals surface area contributed by atoms with Crippen molar-refractivity contribution in [2.24, 2.45) is 23.7 Å². The van der Waals surface area contributed by atoms with Gasteiger partial charge in [0.25, 0.3) is 0 Å². The zero-order chi connectivity index (χ0) is 19.2. The number of rotatable bonds is 5. The summed E-state index contributed by atoms with van der Waals surface area (Å²) in [6, 6.07) is 8.49. The third kappa shape index (κ3) is 3.99. The lowest BCUT2D eigenvalue weighted by molar-refractivity contribution is 0.0632. The van der Waals surface area contributed by atoms with Gasteiger partial charge in [-0.1, -0.05) is 32.9 Å². The number of hydrogen-bond acceptors (Lipinski definition) is 2. The van der Waals surface area contributed by atoms with Crippen LogP contribution >= 0.6 is 0 Å². The lowest BCUT2D eigenvalue weighted by atomic mass is 9.54. The second-order valence-electron chi connectivity index (χ2n) is 10.7. The van der Waals surface area contributed by atoms with Crippen molar-refractivity contribution in [3.05, 3.63) is 41.7 Å². The highest BCUT2D eigenvalue weighted by molar-refractivity contribution is 6.74. The standard InChI is InChI=1S/C24H36O2Si/c1-24(2,3)27(4,5)26-22-8-6-7-17(14-22)15-25-16-23-20-10-18-9-19(12-20)13-21(23)11-18/h6-8,14,16,18-21H,9-13,15H2,1-5H3. The van der Waals surface area contributed by atoms with Crippen molar-refractivity contribution >= 4 is 8.32 Å². The van der Waals surface area contributed by atoms with Crippen LogP contribution in [-0.4, -0.2) is 8.32 Å². The summed E-state index contributed by atoms with van der Waals surface area (Å²) in [5.74, 6) is 4.64. The molecule has 5 rings (SSSR count). The fourth-order valence-corrected chi connectivity index (χ4v) is 6.32. The molecule has 3 heteroatoms. The molecule has 0 N–H and O–H groups in total. The normalized spacial score (nSPS) is 29.7. The van der Waals surface area contributed by atoms with Crippen molar-refractivity contribution in [2.75, 3.05) is 0 Å². The molecule has 148 valence electrons. The molecule has 0 amide bonds. The van der Waals surface area contributed by atoms with E-state index in [1.54, 1.807) is 5.57 Å². The molecule has 4 aliphatic rings. The number of benzene rings is 1. The van der Waals surface area contributed by atoms with Gasteiger partial charge in [0.1, 0.15) is 12.4 Å². The van der Waals surface area contributed by atoms with E-state index in [1.165, 1.54) is 37.7 Å². The highest BCUT2D eigenvalue weighted by atomic mass is 28.4. The summed E-state index contributed by atoms with van der Waals surface area (Å²) in [6.07, 6.45) is 9.29. The van der Waals surface area contributed by atoms with E-state index in [1.807, 2.05) is 0 Å². The molecule has 2 nitrogen and oxygen atoms in total. The molecule has 0 unspecified atom stereocenters. The first-order valence-corrected chi connectivity index (χ1v) is 13.7. The maximum Gasteiger partial charge on any atom is 0.250 e. The lowest BCUT2D eigenvalue weighted by Gasteiger charge is -2.51. The summed E-state index contributed by atoms with van der Waals surface area (Å²) >= 11 is 0. The van der Waals surface area contributed by atoms with E-state index in [9.17, 15) is 0 Å². The molecule has 4 bridgehead atoms. The minimum absolute atomic E-state index is 0.212. The molecule has 0 heterocycles. The van der Waals surface area contributed by atoms with Crippen LogP contribution < -0.4 is 4.43 Å². The average Bonchev–Trinajstić information content (AvgIpc) is 2.55. The van der Waals surface area contributed by atoms with Crippen molar-refractivity contribution in [3.63, 3.8) is 0 Å². The zero-order valence-electron chi connectivity index (χ0n) is 17.8. The molecular formula is C24H36O2Si. The maximum atomic E-state index is 6.45. The van der Waals surface area contributed by atoms with Crippen molar-refractivity contribution in [1.82, 2.24) is 0 Å². The Balaban J connectivity index is 1.38. The third-order valence-electron chi connectivity index (χ3n) is 7.63. The van der Waals surface area contributed by atoms with E-state index >= 15 is 0 Å². The Labute approximate surface area is 166 Å². The van der Waals surface area contributed by atoms with Gasteiger partial charge in [-0.3, -0.25) is 0 Å². The Hall–Kier alpha value is -1.22. The second-order valence-corrected chi connectivity index (χ2v) is 15.5. The van der Waals surface area contributed by atoms with E-state index in [0.717, 1.165) is 29.4 Å². The van der Waals surface area contributed by atoms with E-state index in [4.69, 9.17) is 9.16 Å². The summed E-state index contributed by atoms with van der Waals surface area (Å²) < 4.78 is 12.5. The molecule has 4 aliphatic carbocycles. The zero-order valence-corrected chi connectivity index (χ0v) is 18.8. The van der Waals surface area contributed by atoms with Crippen LogP contribution in [-0.2, 0) is 11.3 Å². The predicted molar refractivity (Wildman–Crippen MR) is 114 cm³/mol. The summed E-state index contributed by atoms with van der Waals surface area (Å²) in [6.45, 7) is 12.1. The van der Waals surface area contributed by atoms with Crippen LogP contribution in [0.5, 0.6) is 5.75 Å². The fraction of sp³-hybridized carbons (Fsp3) is 0.667. The van der Waals surface area contributed by atoms with E-state index in [-0.39, 0.29) is 5.04 Å². The number of allylic oxidation sites excluding steroid dienone is 1. The minimum Gasteiger partial charge on any atom is -0.543 e. The second kappa shape index (κ2) is 6.99. The van der Waals surface area contributed by atoms with Gasteiger partial charge in [-0.2, -0.15) is 0 Å². The molecule has 4 fully saturated rings. The van der Waals surface area contributed by atoms with Crippen LogP contribution in [0.25, 0.3) is 0 Å². The largest absolute Gasteiger partial charge is 0.543 e. The highest BCUT2D eigenvalue weighted by Gasteiger charge is 2.45. The highest BCUT2D eigenvalue weighted by Crippen LogP contribution is 2.56. The molecule has 0 aromatic heterocycles. The minimum atomic E-state index is -1.80. The van der Waals surface area contributed by atoms with Gasteiger partial charge in [0, 0.05) is 0 Å². The first-order valence-electron chi connectivity index (χ1n) is 10.8. The van der Waals surface area contributed by atoms with Gasteiger partial charge in [-0.15, -0.1) is 0 Å². The Kier molecular flexibility index (Phi) is 4.94. The Morgan fingerprint density at radius 3 is 2.22 bits per heavy atom. The topological polar surface area (TPSA) is 18.5 Å². The molecule has 1 aromatic rings. The van der Waals surface area contributed by atoms with Crippen LogP contribution in [0.1, 0.15) is 58.4 Å². The Morgan fingerprint density at radius 2 is 1.63 bits per heavy atom. The van der Waals surface area contributed by atoms with Gasteiger partial charge in [0.2, 0.25) is 8.32 Å². The summed E-state index contributed by atoms with van der Waals surface area (Å²) in [5, 5.41) is 0.212. The quantitative estimate of drug-likeness (QED) is 0.405. The summed E-state index contributed by atoms with van der Waals surface area (Å²) in [5.41, 5.74) is 2.82. The van der Waals surface area contributed by atoms with E-state index in [0.29, 0.717) is 6.61 Å². The van der Waals surface area contributed by atoms with Gasteiger partial charge in [-0.05, 0) is 97.2 Å². The first-order chi connectivity index (χ1) is 12.7. The molecule has 0 atom stereocenters. The lowest BCUT2D eigenvalue weighted by Crippen LogP contribution is -2.43. The average molecular weight is 385 g/mol. The molecule has 1 aromatic carbocycles. The predicted octanol–water partition coefficient (Wildman–Crippen LogP) is 6.93. The number of hydrogen-bond donors (Lipinski definition) is 0. The van der Waals surface area contributed by atoms with Crippen LogP contribution in [0.3, 0.4) is 0 Å². The van der Waals surface area contributed by atoms with Gasteiger partial charge in [-0.25, -0.2) is 0 Å². The molecule has 0 spiro atoms. The van der Waals surface area contributed by atoms with Crippen molar-refractivity contribution < 1.29 is 9.16 Å². The number of ether oxygens (including phenoxy) is 1. The van der Waals surface area contributed by atoms with E-state index in [2.05, 4.69) is 64.4 Å². The molecule has 4 saturated carbocycles. The first kappa shape index (κ1) is 19.1. The Bertz CT molecular complexity index is 683. The molecule has 0 radical (unpaired) electrons. The van der Waals surface area contributed by atoms with Crippen molar-refractivity contribution in [3.8, 4) is 5.75 Å². The SMILES string of the molecule is CC(C)(C)[Si](C)(C)Oc1cccc(COC=C2C3CC4CC(C3)CC2C4)c1. The van der Waals surface area contributed by atoms with Gasteiger partial charge in [0.15, 0.2) is 0 Å². The fourth-order valence-electron chi connectivity index (χ4n) is 5.30. The van der Waals surface area contributed by atoms with Gasteiger partial charge < -0.3 is 9.16 Å². The van der Waals surface area contributed by atoms with E-state index < -0.39 is 8.32 Å². The summed E-state index contributed by atoms with van der Waals surface area (Å²) in [4.78, 5) is 0. The molecule has 0 aliphatic heterocycles. The van der Waals surface area contributed by atoms with Crippen LogP contribution in [0, 0.1) is 23.7 Å². The molecule has 0 saturated heterocycles. The molecule has 27 heavy (non-hydrogen) atoms. The molecular weight excluding hydrogens is 348 g/mol. The van der Waals surface area contributed by atoms with Gasteiger partial charge >= 0.3 is 0 Å². The van der Waals surface area contributed by atoms with Crippen molar-refractivity contribution in [2.45, 2.75) is 77.6 Å². The monoisotopic (exact) mass is 384 g/mol. The van der Waals surface area contributed by atoms with Crippen molar-refractivity contribution in [1.29, 1.82) is 0 Å². The van der Waals surface area contributed by atoms with Crippen LogP contribution in [0.4, 0.5) is 0 Å². The maximum absolute atomic E-state index is 6.45. The Morgan fingerprint density at radius 1 is 1.00 bits per heavy atom. The van der Waals surface area contributed by atoms with Gasteiger partial charge in [0.05, 0.1) is 6.26 Å². The third-order valence-corrected chi connectivity index (χ3v) is 12.0.